The molecule has 1 aliphatic rings. The third-order valence-electron chi connectivity index (χ3n) is 3.17. The molecule has 2 rings (SSSR count). The molecule has 1 fully saturated rings. The van der Waals surface area contributed by atoms with E-state index in [1.54, 1.807) is 0 Å². The van der Waals surface area contributed by atoms with Gasteiger partial charge in [0.25, 0.3) is 0 Å². The van der Waals surface area contributed by atoms with Gasteiger partial charge in [0.15, 0.2) is 0 Å². The Kier molecular flexibility index (Phi) is 4.26. The molecule has 94 valence electrons. The predicted molar refractivity (Wildman–Crippen MR) is 66.2 cm³/mol. The molecule has 1 aromatic rings. The van der Waals surface area contributed by atoms with Crippen molar-refractivity contribution in [3.05, 3.63) is 29.8 Å². The van der Waals surface area contributed by atoms with Crippen molar-refractivity contribution in [2.24, 2.45) is 5.92 Å². The number of aliphatic hydroxyl groups excluding tert-OH is 2. The molecule has 3 nitrogen and oxygen atoms in total. The van der Waals surface area contributed by atoms with Gasteiger partial charge in [0, 0.05) is 11.3 Å². The molecule has 0 amide bonds. The fourth-order valence-electron chi connectivity index (χ4n) is 2.11. The number of halogens is 1. The Morgan fingerprint density at radius 3 is 2.47 bits per heavy atom. The number of hydrogen-bond donors (Lipinski definition) is 2. The molecule has 0 spiro atoms. The minimum Gasteiger partial charge on any atom is -0.493 e. The van der Waals surface area contributed by atoms with Crippen molar-refractivity contribution in [2.75, 3.05) is 6.61 Å². The smallest absolute Gasteiger partial charge is 0.119 e. The van der Waals surface area contributed by atoms with Crippen LogP contribution in [0.5, 0.6) is 5.75 Å². The van der Waals surface area contributed by atoms with E-state index in [2.05, 4.69) is 0 Å². The molecule has 1 aromatic carbocycles. The Morgan fingerprint density at radius 1 is 1.24 bits per heavy atom. The molecule has 0 aliphatic heterocycles. The average Bonchev–Trinajstić information content (AvgIpc) is 2.66. The molecule has 2 N–H and O–H groups in total. The third-order valence-corrected chi connectivity index (χ3v) is 3.53. The van der Waals surface area contributed by atoms with Crippen LogP contribution >= 0.6 is 11.6 Å². The Labute approximate surface area is 106 Å². The Balaban J connectivity index is 1.85. The van der Waals surface area contributed by atoms with Gasteiger partial charge in [0.1, 0.15) is 5.75 Å². The monoisotopic (exact) mass is 256 g/mol. The molecule has 1 saturated carbocycles. The molecule has 0 aromatic heterocycles. The maximum atomic E-state index is 9.72. The van der Waals surface area contributed by atoms with Crippen molar-refractivity contribution in [1.29, 1.82) is 0 Å². The molecule has 0 unspecified atom stereocenters. The van der Waals surface area contributed by atoms with E-state index in [4.69, 9.17) is 21.4 Å². The number of rotatable bonds is 4. The predicted octanol–water partition coefficient (Wildman–Crippen LogP) is 1.94. The lowest BCUT2D eigenvalue weighted by Gasteiger charge is -2.15. The fourth-order valence-corrected chi connectivity index (χ4v) is 2.52. The second-order valence-corrected chi connectivity index (χ2v) is 5.13. The normalized spacial score (nSPS) is 28.3. The highest BCUT2D eigenvalue weighted by atomic mass is 35.5. The van der Waals surface area contributed by atoms with Crippen LogP contribution in [0.2, 0.25) is 0 Å². The van der Waals surface area contributed by atoms with Crippen molar-refractivity contribution < 1.29 is 14.9 Å². The largest absolute Gasteiger partial charge is 0.493 e. The molecule has 17 heavy (non-hydrogen) atoms. The van der Waals surface area contributed by atoms with Crippen LogP contribution in [0.3, 0.4) is 0 Å². The van der Waals surface area contributed by atoms with Crippen molar-refractivity contribution in [1.82, 2.24) is 0 Å². The van der Waals surface area contributed by atoms with Crippen LogP contribution in [0.25, 0.3) is 0 Å². The van der Waals surface area contributed by atoms with Gasteiger partial charge in [-0.2, -0.15) is 0 Å². The number of benzene rings is 1. The topological polar surface area (TPSA) is 49.7 Å². The number of aliphatic hydroxyl groups is 2. The van der Waals surface area contributed by atoms with Crippen LogP contribution in [0.4, 0.5) is 0 Å². The summed E-state index contributed by atoms with van der Waals surface area (Å²) in [5.41, 5.74) is 0.860. The molecule has 1 aliphatic carbocycles. The van der Waals surface area contributed by atoms with Gasteiger partial charge in [0.2, 0.25) is 0 Å². The van der Waals surface area contributed by atoms with Gasteiger partial charge in [-0.25, -0.2) is 0 Å². The standard InChI is InChI=1S/C13H17ClO3/c14-11-5-10(13(16)6-11)8-17-12-3-1-9(7-15)2-4-12/h1-4,10-11,13,15-16H,5-8H2/t10-,11-,13+/m0/s1. The van der Waals surface area contributed by atoms with Crippen LogP contribution in [0.1, 0.15) is 18.4 Å². The van der Waals surface area contributed by atoms with Gasteiger partial charge < -0.3 is 14.9 Å². The van der Waals surface area contributed by atoms with Gasteiger partial charge in [-0.1, -0.05) is 12.1 Å². The highest BCUT2D eigenvalue weighted by Crippen LogP contribution is 2.30. The van der Waals surface area contributed by atoms with Gasteiger partial charge in [-0.15, -0.1) is 11.6 Å². The summed E-state index contributed by atoms with van der Waals surface area (Å²) in [5.74, 6) is 0.877. The van der Waals surface area contributed by atoms with Crippen LogP contribution in [0.15, 0.2) is 24.3 Å². The molecule has 0 bridgehead atoms. The highest BCUT2D eigenvalue weighted by Gasteiger charge is 2.32. The summed E-state index contributed by atoms with van der Waals surface area (Å²) in [6.45, 7) is 0.526. The zero-order valence-corrected chi connectivity index (χ0v) is 10.3. The molecular formula is C13H17ClO3. The summed E-state index contributed by atoms with van der Waals surface area (Å²) in [6.07, 6.45) is 1.10. The molecule has 0 heterocycles. The summed E-state index contributed by atoms with van der Waals surface area (Å²) in [4.78, 5) is 0. The Bertz CT molecular complexity index is 352. The molecule has 0 radical (unpaired) electrons. The summed E-state index contributed by atoms with van der Waals surface area (Å²) < 4.78 is 5.61. The maximum Gasteiger partial charge on any atom is 0.119 e. The lowest BCUT2D eigenvalue weighted by molar-refractivity contribution is 0.0986. The number of alkyl halides is 1. The number of ether oxygens (including phenoxy) is 1. The third kappa shape index (κ3) is 3.35. The van der Waals surface area contributed by atoms with Crippen LogP contribution in [0, 0.1) is 5.92 Å². The van der Waals surface area contributed by atoms with Gasteiger partial charge in [-0.3, -0.25) is 0 Å². The van der Waals surface area contributed by atoms with Gasteiger partial charge >= 0.3 is 0 Å². The molecule has 3 atom stereocenters. The number of hydrogen-bond acceptors (Lipinski definition) is 3. The van der Waals surface area contributed by atoms with Crippen LogP contribution in [-0.4, -0.2) is 28.3 Å². The average molecular weight is 257 g/mol. The molecule has 4 heteroatoms. The first-order valence-corrected chi connectivity index (χ1v) is 6.27. The van der Waals surface area contributed by atoms with Crippen LogP contribution in [-0.2, 0) is 6.61 Å². The lowest BCUT2D eigenvalue weighted by Crippen LogP contribution is -2.20. The van der Waals surface area contributed by atoms with Crippen molar-refractivity contribution >= 4 is 11.6 Å². The van der Waals surface area contributed by atoms with E-state index in [0.717, 1.165) is 17.7 Å². The maximum absolute atomic E-state index is 9.72. The second-order valence-electron chi connectivity index (χ2n) is 4.51. The Morgan fingerprint density at radius 2 is 1.94 bits per heavy atom. The van der Waals surface area contributed by atoms with E-state index in [1.165, 1.54) is 0 Å². The zero-order valence-electron chi connectivity index (χ0n) is 9.55. The van der Waals surface area contributed by atoms with E-state index in [0.29, 0.717) is 13.0 Å². The van der Waals surface area contributed by atoms with E-state index < -0.39 is 0 Å². The van der Waals surface area contributed by atoms with Crippen LogP contribution < -0.4 is 4.74 Å². The van der Waals surface area contributed by atoms with Crippen molar-refractivity contribution in [3.8, 4) is 5.75 Å². The first-order valence-electron chi connectivity index (χ1n) is 5.83. The SMILES string of the molecule is OCc1ccc(OC[C@@H]2C[C@H](Cl)C[C@H]2O)cc1. The van der Waals surface area contributed by atoms with E-state index in [9.17, 15) is 5.11 Å². The minimum absolute atomic E-state index is 0.0372. The van der Waals surface area contributed by atoms with Crippen molar-refractivity contribution in [2.45, 2.75) is 30.9 Å². The fraction of sp³-hybridized carbons (Fsp3) is 0.538. The molecular weight excluding hydrogens is 240 g/mol. The minimum atomic E-state index is -0.353. The summed E-state index contributed by atoms with van der Waals surface area (Å²) in [7, 11) is 0. The highest BCUT2D eigenvalue weighted by molar-refractivity contribution is 6.20. The first kappa shape index (κ1) is 12.7. The molecule has 0 saturated heterocycles. The lowest BCUT2D eigenvalue weighted by atomic mass is 10.1. The van der Waals surface area contributed by atoms with Gasteiger partial charge in [0.05, 0.1) is 19.3 Å². The summed E-state index contributed by atoms with van der Waals surface area (Å²) in [6, 6.07) is 7.30. The van der Waals surface area contributed by atoms with Gasteiger partial charge in [-0.05, 0) is 30.5 Å². The van der Waals surface area contributed by atoms with Crippen molar-refractivity contribution in [3.63, 3.8) is 0 Å². The van der Waals surface area contributed by atoms with E-state index >= 15 is 0 Å². The first-order chi connectivity index (χ1) is 8.19. The Hall–Kier alpha value is -0.770. The summed E-state index contributed by atoms with van der Waals surface area (Å²) in [5, 5.41) is 18.7. The zero-order chi connectivity index (χ0) is 12.3. The van der Waals surface area contributed by atoms with E-state index in [-0.39, 0.29) is 24.0 Å². The van der Waals surface area contributed by atoms with E-state index in [1.807, 2.05) is 24.3 Å². The summed E-state index contributed by atoms with van der Waals surface area (Å²) >= 11 is 5.98. The second kappa shape index (κ2) is 5.71. The quantitative estimate of drug-likeness (QED) is 0.810.